The Kier molecular flexibility index (Phi) is 30.8. The summed E-state index contributed by atoms with van der Waals surface area (Å²) in [6.07, 6.45) is -3.35. The van der Waals surface area contributed by atoms with Gasteiger partial charge in [0.1, 0.15) is 78.5 Å². The van der Waals surface area contributed by atoms with E-state index in [0.29, 0.717) is 57.9 Å². The highest BCUT2D eigenvalue weighted by atomic mass is 32.1. The van der Waals surface area contributed by atoms with Crippen molar-refractivity contribution in [3.63, 3.8) is 0 Å². The Balaban J connectivity index is 0.531. The number of nitrogens with zero attached hydrogens (tertiary/aromatic N) is 12. The van der Waals surface area contributed by atoms with E-state index >= 15 is 0 Å². The standard InChI is InChI=1S/C80H116N20O27S/c101-41-22-47(81-28-41)73(119)89-15-1-8-49(89)68(114)83-30-62(108)97-36-43(103)24-57(97)76(122)92-18-4-11-52(92)71(117)86-33-64(110)99-38-45(105)26-59(99)78(124)94-20-6-13-54(94)72(118)87-34-65(111)98-37-44(104)25-58(98)77(123)93-19-5-12-53(93)70(116)85-32-63(109)96-35-42(102)23-56(96)75(121)91-17-3-10-51(91)67(113)82-29-61(107)88-48(40-128)74(120)90-16-2-9-50(90)69(115)84-31-66(112)100-39-46(106)27-60(100)79(125)95-21-7-14-55(95)80(126)127/h41-60,81,101-106,128H,1-40H2,(H,82,113)(H,83,114)(H,84,115)(H,85,116)(H,86,117)(H,87,118)(H,88,107)(H,126,127)/t41-,42-,43-,44-,45-,46-,47+,48+,49+,50+,51+,52+,53+,54+,55+,56+,57+,58+,59+,60+/m1/s1. The molecular formula is C80H116N20O27S. The molecule has 0 aliphatic carbocycles. The van der Waals surface area contributed by atoms with Gasteiger partial charge in [0.25, 0.3) is 0 Å². The van der Waals surface area contributed by atoms with Crippen molar-refractivity contribution in [2.45, 2.75) is 250 Å². The second-order valence-corrected chi connectivity index (χ2v) is 35.7. The third-order valence-electron chi connectivity index (χ3n) is 27.0. The third-order valence-corrected chi connectivity index (χ3v) is 27.4. The first-order valence-corrected chi connectivity index (χ1v) is 45.0. The molecular weight excluding hydrogens is 1710 g/mol. The van der Waals surface area contributed by atoms with Crippen LogP contribution in [-0.4, -0.2) is 464 Å². The molecule has 13 fully saturated rings. The van der Waals surface area contributed by atoms with Gasteiger partial charge in [-0.1, -0.05) is 0 Å². The zero-order valence-electron chi connectivity index (χ0n) is 70.9. The van der Waals surface area contributed by atoms with Crippen LogP contribution in [0.5, 0.6) is 0 Å². The molecule has 0 saturated carbocycles. The van der Waals surface area contributed by atoms with Gasteiger partial charge in [0.05, 0.1) is 81.9 Å². The van der Waals surface area contributed by atoms with Crippen LogP contribution < -0.4 is 42.5 Å². The lowest BCUT2D eigenvalue weighted by Crippen LogP contribution is -2.57. The quantitative estimate of drug-likeness (QED) is 0.0324. The Morgan fingerprint density at radius 2 is 0.523 bits per heavy atom. The van der Waals surface area contributed by atoms with Crippen LogP contribution in [-0.2, 0) is 95.9 Å². The van der Waals surface area contributed by atoms with E-state index in [1.165, 1.54) is 34.3 Å². The smallest absolute Gasteiger partial charge is 0.326 e. The Bertz CT molecular complexity index is 4340. The van der Waals surface area contributed by atoms with E-state index in [1.807, 2.05) is 0 Å². The highest BCUT2D eigenvalue weighted by Gasteiger charge is 2.53. The lowest BCUT2D eigenvalue weighted by atomic mass is 10.1. The number of likely N-dealkylation sites (tertiary alicyclic amines) is 12. The number of thiol groups is 1. The third kappa shape index (κ3) is 21.0. The molecule has 0 aromatic rings. The summed E-state index contributed by atoms with van der Waals surface area (Å²) in [7, 11) is 0. The molecule has 0 bridgehead atoms. The first-order chi connectivity index (χ1) is 61.1. The summed E-state index contributed by atoms with van der Waals surface area (Å²) in [6.45, 7) is -4.41. The Hall–Kier alpha value is -10.5. The van der Waals surface area contributed by atoms with Gasteiger partial charge >= 0.3 is 5.97 Å². The molecule has 0 unspecified atom stereocenters. The van der Waals surface area contributed by atoms with Crippen LogP contribution in [0.25, 0.3) is 0 Å². The predicted molar refractivity (Wildman–Crippen MR) is 438 cm³/mol. The van der Waals surface area contributed by atoms with E-state index in [2.05, 4.69) is 55.2 Å². The van der Waals surface area contributed by atoms with Crippen molar-refractivity contribution in [1.29, 1.82) is 0 Å². The molecule has 20 atom stereocenters. The first kappa shape index (κ1) is 95.1. The van der Waals surface area contributed by atoms with Crippen LogP contribution >= 0.6 is 12.6 Å². The molecule has 48 heteroatoms. The average Bonchev–Trinajstić information content (AvgIpc) is 1.70. The fourth-order valence-electron chi connectivity index (χ4n) is 20.6. The van der Waals surface area contributed by atoms with Gasteiger partial charge in [-0.3, -0.25) is 91.1 Å². The summed E-state index contributed by atoms with van der Waals surface area (Å²) < 4.78 is 0. The van der Waals surface area contributed by atoms with E-state index in [0.717, 1.165) is 24.5 Å². The molecule has 13 aliphatic heterocycles. The van der Waals surface area contributed by atoms with Crippen LogP contribution in [0.1, 0.15) is 128 Å². The minimum absolute atomic E-state index is 0.0291. The number of hydrogen-bond acceptors (Lipinski definition) is 28. The highest BCUT2D eigenvalue weighted by Crippen LogP contribution is 2.34. The van der Waals surface area contributed by atoms with E-state index in [-0.39, 0.29) is 167 Å². The first-order valence-electron chi connectivity index (χ1n) is 44.3. The Morgan fingerprint density at radius 3 is 0.773 bits per heavy atom. The molecule has 13 saturated heterocycles. The number of aliphatic carboxylic acids is 1. The molecule has 0 aromatic heterocycles. The number of carbonyl (C=O) groups is 20. The van der Waals surface area contributed by atoms with Crippen molar-refractivity contribution in [3.8, 4) is 0 Å². The Labute approximate surface area is 740 Å². The largest absolute Gasteiger partial charge is 0.480 e. The van der Waals surface area contributed by atoms with Crippen LogP contribution in [0.2, 0.25) is 0 Å². The molecule has 13 rings (SSSR count). The molecule has 128 heavy (non-hydrogen) atoms. The summed E-state index contributed by atoms with van der Waals surface area (Å²) in [5.74, 6) is -14.8. The highest BCUT2D eigenvalue weighted by molar-refractivity contribution is 7.80. The van der Waals surface area contributed by atoms with Gasteiger partial charge in [-0.2, -0.15) is 12.6 Å². The van der Waals surface area contributed by atoms with Gasteiger partial charge in [-0.05, 0) is 96.3 Å². The number of carboxylic acids is 1. The summed E-state index contributed by atoms with van der Waals surface area (Å²) in [5.41, 5.74) is 0. The molecule has 19 amide bonds. The second-order valence-electron chi connectivity index (χ2n) is 35.4. The van der Waals surface area contributed by atoms with Crippen molar-refractivity contribution in [1.82, 2.24) is 101 Å². The molecule has 704 valence electrons. The van der Waals surface area contributed by atoms with Gasteiger partial charge in [0.2, 0.25) is 112 Å². The van der Waals surface area contributed by atoms with Crippen molar-refractivity contribution in [2.75, 3.05) is 130 Å². The van der Waals surface area contributed by atoms with Crippen LogP contribution in [0, 0.1) is 0 Å². The molecule has 0 aromatic carbocycles. The van der Waals surface area contributed by atoms with E-state index in [4.69, 9.17) is 0 Å². The Morgan fingerprint density at radius 1 is 0.289 bits per heavy atom. The van der Waals surface area contributed by atoms with Crippen LogP contribution in [0.4, 0.5) is 0 Å². The average molecular weight is 1820 g/mol. The maximum Gasteiger partial charge on any atom is 0.326 e. The summed E-state index contributed by atoms with van der Waals surface area (Å²) in [5, 5.41) is 94.0. The lowest BCUT2D eigenvalue weighted by Gasteiger charge is -2.32. The minimum atomic E-state index is -1.32. The summed E-state index contributed by atoms with van der Waals surface area (Å²) >= 11 is 4.27. The fraction of sp³-hybridized carbons (Fsp3) is 0.750. The number of aliphatic hydroxyl groups is 6. The number of nitrogens with one attached hydrogen (secondary N) is 8. The number of carbonyl (C=O) groups excluding carboxylic acids is 19. The molecule has 15 N–H and O–H groups in total. The fourth-order valence-corrected chi connectivity index (χ4v) is 20.9. The SMILES string of the molecule is O=C(CNC(=O)[C@@H]1CCCN1C(=O)[C@@H]1C[C@@H](O)CN1C(=O)CNC(=O)[C@@H]1CCCN1C(=O)[C@@H]1C[C@@H](O)CN1C(=O)CNC(=O)[C@@H]1CCCN1C(=O)[C@@H]1C[C@@H](O)CN1C(=O)CNC(=O)[C@@H]1CCCN1C(=O)[C@@H]1C[C@@H](O)CN1C(=O)CNC(=O)[C@@H]1CCCN1C(=O)[C@@H]1C[C@@H](O)CN1)N[C@@H](CS)C(=O)N1CCC[C@H]1C(=O)NCC(=O)N1C[C@H](O)C[C@H]1C(=O)N1CCC[C@H]1C(=O)O. The van der Waals surface area contributed by atoms with E-state index in [1.54, 1.807) is 0 Å². The number of rotatable bonds is 28. The molecule has 47 nitrogen and oxygen atoms in total. The lowest BCUT2D eigenvalue weighted by molar-refractivity contribution is -0.151. The van der Waals surface area contributed by atoms with Crippen LogP contribution in [0.3, 0.4) is 0 Å². The number of carboxylic acid groups (broad SMARTS) is 1. The topological polar surface area (TPSA) is 618 Å². The maximum atomic E-state index is 14.5. The minimum Gasteiger partial charge on any atom is -0.480 e. The van der Waals surface area contributed by atoms with Gasteiger partial charge in [0, 0.05) is 123 Å². The van der Waals surface area contributed by atoms with E-state index < -0.39 is 273 Å². The van der Waals surface area contributed by atoms with Crippen LogP contribution in [0.15, 0.2) is 0 Å². The monoisotopic (exact) mass is 1820 g/mol. The number of β-amino-alcohol motifs (C(OH)–C–C–N with tert-alkyl or cyclic N) is 6. The zero-order chi connectivity index (χ0) is 92.0. The number of hydrogen-bond donors (Lipinski definition) is 16. The van der Waals surface area contributed by atoms with Crippen molar-refractivity contribution in [2.24, 2.45) is 0 Å². The molecule has 13 aliphatic rings. The van der Waals surface area contributed by atoms with Gasteiger partial charge in [-0.25, -0.2) is 4.79 Å². The van der Waals surface area contributed by atoms with Crippen molar-refractivity contribution in [3.05, 3.63) is 0 Å². The van der Waals surface area contributed by atoms with Gasteiger partial charge in [0.15, 0.2) is 0 Å². The molecule has 0 radical (unpaired) electrons. The summed E-state index contributed by atoms with van der Waals surface area (Å²) in [4.78, 5) is 289. The van der Waals surface area contributed by atoms with Gasteiger partial charge in [-0.15, -0.1) is 0 Å². The predicted octanol–water partition coefficient (Wildman–Crippen LogP) is -12.3. The normalized spacial score (nSPS) is 30.6. The number of amides is 19. The maximum absolute atomic E-state index is 14.5. The second kappa shape index (κ2) is 41.5. The summed E-state index contributed by atoms with van der Waals surface area (Å²) in [6, 6.07) is -15.9. The number of aliphatic hydroxyl groups excluding tert-OH is 6. The zero-order valence-corrected chi connectivity index (χ0v) is 71.8. The van der Waals surface area contributed by atoms with Crippen molar-refractivity contribution >= 4 is 131 Å². The molecule has 13 heterocycles. The van der Waals surface area contributed by atoms with Crippen molar-refractivity contribution < 1.29 is 132 Å². The van der Waals surface area contributed by atoms with Gasteiger partial charge < -0.3 is 137 Å². The van der Waals surface area contributed by atoms with E-state index in [9.17, 15) is 132 Å². The molecule has 0 spiro atoms.